The van der Waals surface area contributed by atoms with Crippen LogP contribution in [0.25, 0.3) is 0 Å². The van der Waals surface area contributed by atoms with Gasteiger partial charge in [0.05, 0.1) is 0 Å². The highest BCUT2D eigenvalue weighted by Crippen LogP contribution is 2.25. The Morgan fingerprint density at radius 3 is 1.20 bits per heavy atom. The minimum absolute atomic E-state index is 4.64. The lowest BCUT2D eigenvalue weighted by atomic mass is 16.8. The lowest BCUT2D eigenvalue weighted by Gasteiger charge is -1.82. The van der Waals surface area contributed by atoms with Crippen molar-refractivity contribution in [3.8, 4) is 0 Å². The zero-order valence-corrected chi connectivity index (χ0v) is 3.09. The summed E-state index contributed by atoms with van der Waals surface area (Å²) in [6.45, 7) is 0. The maximum Gasteiger partial charge on any atom is 0.466 e. The summed E-state index contributed by atoms with van der Waals surface area (Å²) in [5.41, 5.74) is 0. The first-order valence-electron chi connectivity index (χ1n) is 0.783. The van der Waals surface area contributed by atoms with Gasteiger partial charge in [-0.2, -0.15) is 0 Å². The van der Waals surface area contributed by atoms with Gasteiger partial charge in [-0.25, -0.2) is 4.57 Å². The molecule has 3 N–H and O–H groups in total. The van der Waals surface area contributed by atoms with Gasteiger partial charge in [0.25, 0.3) is 0 Å². The predicted octanol–water partition coefficient (Wildman–Crippen LogP) is -0.929. The Morgan fingerprint density at radius 2 is 1.20 bits per heavy atom. The third kappa shape index (κ3) is 1510. The van der Waals surface area contributed by atoms with Crippen molar-refractivity contribution in [1.29, 1.82) is 0 Å². The molecule has 0 saturated heterocycles. The van der Waals surface area contributed by atoms with Crippen LogP contribution < -0.4 is 0 Å². The molecule has 4 nitrogen and oxygen atoms in total. The first-order valence-corrected chi connectivity index (χ1v) is 2.35. The minimum Gasteiger partial charge on any atom is -0.303 e. The highest BCUT2D eigenvalue weighted by atomic mass is 31.2. The van der Waals surface area contributed by atoms with Gasteiger partial charge in [0.1, 0.15) is 0 Å². The van der Waals surface area contributed by atoms with Gasteiger partial charge in [-0.1, -0.05) is 0 Å². The molecule has 0 heterocycles. The summed E-state index contributed by atoms with van der Waals surface area (Å²) < 4.78 is 8.88. The van der Waals surface area contributed by atoms with Gasteiger partial charge in [-0.05, 0) is 0 Å². The lowest BCUT2D eigenvalue weighted by molar-refractivity contribution is 0.275. The summed E-state index contributed by atoms with van der Waals surface area (Å²) in [5.74, 6) is 0. The summed E-state index contributed by atoms with van der Waals surface area (Å²) in [7, 11) is -4.64. The number of rotatable bonds is 0. The topological polar surface area (TPSA) is 77.8 Å². The van der Waals surface area contributed by atoms with Gasteiger partial charge in [-0.15, -0.1) is 0 Å². The van der Waals surface area contributed by atoms with Crippen molar-refractivity contribution in [2.75, 3.05) is 0 Å². The Hall–Kier alpha value is 0.110. The van der Waals surface area contributed by atoms with E-state index in [1.807, 2.05) is 0 Å². The molecule has 0 saturated carbocycles. The normalized spacial score (nSPS) is 11.8. The van der Waals surface area contributed by atoms with Crippen LogP contribution in [-0.4, -0.2) is 14.7 Å². The Kier molecular flexibility index (Phi) is 1.09. The first-order chi connectivity index (χ1) is 2.00. The fourth-order valence-electron chi connectivity index (χ4n) is 0. The molecule has 0 unspecified atom stereocenters. The smallest absolute Gasteiger partial charge is 0.303 e. The monoisotopic (exact) mass is 102 g/mol. The molecule has 0 aromatic rings. The Morgan fingerprint density at radius 1 is 1.20 bits per heavy atom. The van der Waals surface area contributed by atoms with E-state index in [9.17, 15) is 0 Å². The molecule has 0 aliphatic rings. The third-order valence-electron chi connectivity index (χ3n) is 0. The minimum atomic E-state index is -4.64. The van der Waals surface area contributed by atoms with E-state index >= 15 is 0 Å². The van der Waals surface area contributed by atoms with Crippen molar-refractivity contribution < 1.29 is 19.2 Å². The molecule has 0 fully saturated rings. The van der Waals surface area contributed by atoms with Gasteiger partial charge in [-0.3, -0.25) is 0 Å². The van der Waals surface area contributed by atoms with Gasteiger partial charge in [0.15, 0.2) is 0 Å². The van der Waals surface area contributed by atoms with Crippen molar-refractivity contribution in [2.24, 2.45) is 0 Å². The first kappa shape index (κ1) is 5.11. The fourth-order valence-corrected chi connectivity index (χ4v) is 0. The number of hydrogen-bond donors (Lipinski definition) is 3. The number of phosphoric acid groups is 1. The summed E-state index contributed by atoms with van der Waals surface area (Å²) in [6.07, 6.45) is 0. The van der Waals surface area contributed by atoms with Crippen molar-refractivity contribution in [2.45, 2.75) is 0 Å². The van der Waals surface area contributed by atoms with Crippen molar-refractivity contribution in [3.05, 3.63) is 0 Å². The molecule has 0 rings (SSSR count). The molecule has 0 aromatic heterocycles. The molecule has 0 atom stereocenters. The van der Waals surface area contributed by atoms with Crippen molar-refractivity contribution in [1.82, 2.24) is 0 Å². The number of hydrogen-bond acceptors (Lipinski definition) is 1. The van der Waals surface area contributed by atoms with Gasteiger partial charge in [0, 0.05) is 0 Å². The van der Waals surface area contributed by atoms with E-state index in [4.69, 9.17) is 19.2 Å². The molecule has 0 spiro atoms. The van der Waals surface area contributed by atoms with Crippen LogP contribution in [0.4, 0.5) is 0 Å². The molecule has 5 heteroatoms. The van der Waals surface area contributed by atoms with Crippen molar-refractivity contribution >= 4 is 7.82 Å². The van der Waals surface area contributed by atoms with E-state index in [0.29, 0.717) is 0 Å². The highest BCUT2D eigenvalue weighted by Gasteiger charge is 2.00. The second-order valence-electron chi connectivity index (χ2n) is 0.513. The highest BCUT2D eigenvalue weighted by molar-refractivity contribution is 7.45. The van der Waals surface area contributed by atoms with E-state index in [-0.39, 0.29) is 0 Å². The summed E-state index contributed by atoms with van der Waals surface area (Å²) >= 11 is 0. The average molecular weight is 102 g/mol. The fraction of sp³-hybridized carbons (Fsp3) is 0. The summed E-state index contributed by atoms with van der Waals surface area (Å²) in [6, 6.07) is 0. The quantitative estimate of drug-likeness (QED) is 0.345. The molecule has 0 aliphatic carbocycles. The molecule has 0 amide bonds. The van der Waals surface area contributed by atoms with Crippen LogP contribution in [0.1, 0.15) is 0 Å². The van der Waals surface area contributed by atoms with Gasteiger partial charge < -0.3 is 14.7 Å². The molecule has 0 aromatic carbocycles. The van der Waals surface area contributed by atoms with Crippen LogP contribution in [0.5, 0.6) is 0 Å². The summed E-state index contributed by atoms with van der Waals surface area (Å²) in [4.78, 5) is 21.6. The molecule has 32 valence electrons. The SMILES string of the molecule is [17O]=P([17OH])([17OH])[17OH]. The predicted molar refractivity (Wildman–Crippen MR) is 14.3 cm³/mol. The van der Waals surface area contributed by atoms with E-state index in [2.05, 4.69) is 0 Å². The maximum absolute atomic E-state index is 8.88. The zero-order valence-electron chi connectivity index (χ0n) is 2.20. The van der Waals surface area contributed by atoms with Gasteiger partial charge in [0.2, 0.25) is 0 Å². The van der Waals surface area contributed by atoms with Crippen molar-refractivity contribution in [3.63, 3.8) is 0 Å². The molecule has 5 heavy (non-hydrogen) atoms. The Labute approximate surface area is 28.3 Å². The molecular weight excluding hydrogens is 99.0 g/mol. The van der Waals surface area contributed by atoms with Crippen LogP contribution >= 0.6 is 7.82 Å². The van der Waals surface area contributed by atoms with E-state index in [1.165, 1.54) is 0 Å². The van der Waals surface area contributed by atoms with Crippen LogP contribution in [0.2, 0.25) is 0 Å². The van der Waals surface area contributed by atoms with Crippen LogP contribution in [-0.2, 0) is 4.57 Å². The lowest BCUT2D eigenvalue weighted by Crippen LogP contribution is -1.66. The van der Waals surface area contributed by atoms with Crippen LogP contribution in [0.15, 0.2) is 0 Å². The van der Waals surface area contributed by atoms with E-state index in [1.54, 1.807) is 0 Å². The molecule has 0 bridgehead atoms. The Bertz CT molecular complexity index is 49.8. The standard InChI is InChI=1S/H3O4P/c1-5(2,3)4/h(H3,1,2,3,4)/i1+1,2+1,3+1,4+1. The second-order valence-corrected chi connectivity index (χ2v) is 1.54. The molecule has 0 radical (unpaired) electrons. The average Bonchev–Trinajstić information content (AvgIpc) is 0.722. The second kappa shape index (κ2) is 1.06. The van der Waals surface area contributed by atoms with Crippen LogP contribution in [0.3, 0.4) is 0 Å². The van der Waals surface area contributed by atoms with E-state index < -0.39 is 7.82 Å². The maximum atomic E-state index is 8.88. The van der Waals surface area contributed by atoms with Gasteiger partial charge >= 0.3 is 7.82 Å². The molecule has 0 aliphatic heterocycles. The Balaban J connectivity index is 3.47. The van der Waals surface area contributed by atoms with Crippen LogP contribution in [0, 0.1) is 0 Å². The molecular formula is H3O4P. The largest absolute Gasteiger partial charge is 0.466 e. The summed E-state index contributed by atoms with van der Waals surface area (Å²) in [5, 5.41) is 0. The third-order valence-corrected chi connectivity index (χ3v) is 0. The van der Waals surface area contributed by atoms with E-state index in [0.717, 1.165) is 0 Å². The zero-order chi connectivity index (χ0) is 4.50.